The third-order valence-corrected chi connectivity index (χ3v) is 4.17. The molecule has 2 heterocycles. The fraction of sp³-hybridized carbons (Fsp3) is 0.846. The van der Waals surface area contributed by atoms with E-state index in [0.717, 1.165) is 12.8 Å². The molecule has 0 aliphatic carbocycles. The van der Waals surface area contributed by atoms with Crippen molar-refractivity contribution in [2.45, 2.75) is 38.6 Å². The molecule has 0 aromatic heterocycles. The Kier molecular flexibility index (Phi) is 4.22. The van der Waals surface area contributed by atoms with Crippen molar-refractivity contribution < 1.29 is 14.7 Å². The molecular weight excluding hydrogens is 232 g/mol. The van der Waals surface area contributed by atoms with Crippen LogP contribution in [0, 0.1) is 5.92 Å². The van der Waals surface area contributed by atoms with Gasteiger partial charge in [-0.05, 0) is 45.7 Å². The summed E-state index contributed by atoms with van der Waals surface area (Å²) in [6.45, 7) is 5.25. The van der Waals surface area contributed by atoms with Gasteiger partial charge in [-0.1, -0.05) is 0 Å². The van der Waals surface area contributed by atoms with E-state index in [4.69, 9.17) is 5.11 Å². The highest BCUT2D eigenvalue weighted by atomic mass is 16.4. The molecule has 0 radical (unpaired) electrons. The van der Waals surface area contributed by atoms with Crippen LogP contribution in [0.25, 0.3) is 0 Å². The second kappa shape index (κ2) is 5.69. The molecule has 2 aliphatic heterocycles. The summed E-state index contributed by atoms with van der Waals surface area (Å²) in [5.41, 5.74) is 0. The Morgan fingerprint density at radius 1 is 1.11 bits per heavy atom. The average Bonchev–Trinajstić information content (AvgIpc) is 2.91. The first-order valence-electron chi connectivity index (χ1n) is 6.85. The Bertz CT molecular complexity index is 318. The molecule has 2 fully saturated rings. The molecule has 1 atom stereocenters. The van der Waals surface area contributed by atoms with Gasteiger partial charge in [-0.2, -0.15) is 0 Å². The van der Waals surface area contributed by atoms with Crippen LogP contribution < -0.4 is 0 Å². The summed E-state index contributed by atoms with van der Waals surface area (Å²) in [6, 6.07) is 0.594. The van der Waals surface area contributed by atoms with E-state index in [2.05, 4.69) is 4.90 Å². The van der Waals surface area contributed by atoms with Crippen molar-refractivity contribution in [2.24, 2.45) is 5.92 Å². The fourth-order valence-corrected chi connectivity index (χ4v) is 2.94. The standard InChI is InChI=1S/C13H22N2O3/c1-10(13(17)18)12(16)15-8-4-11(5-9-15)14-6-2-3-7-14/h10-11H,2-9H2,1H3,(H,17,18). The van der Waals surface area contributed by atoms with Crippen LogP contribution in [-0.2, 0) is 9.59 Å². The molecule has 1 N–H and O–H groups in total. The van der Waals surface area contributed by atoms with Crippen molar-refractivity contribution >= 4 is 11.9 Å². The van der Waals surface area contributed by atoms with Crippen LogP contribution in [0.15, 0.2) is 0 Å². The lowest BCUT2D eigenvalue weighted by Crippen LogP contribution is -2.48. The number of piperidine rings is 1. The van der Waals surface area contributed by atoms with Gasteiger partial charge in [-0.25, -0.2) is 0 Å². The molecule has 0 aromatic rings. The first kappa shape index (κ1) is 13.3. The maximum absolute atomic E-state index is 11.9. The molecule has 5 nitrogen and oxygen atoms in total. The predicted molar refractivity (Wildman–Crippen MR) is 67.2 cm³/mol. The summed E-state index contributed by atoms with van der Waals surface area (Å²) in [4.78, 5) is 26.9. The van der Waals surface area contributed by atoms with Crippen molar-refractivity contribution in [2.75, 3.05) is 26.2 Å². The molecule has 0 aromatic carbocycles. The van der Waals surface area contributed by atoms with E-state index in [-0.39, 0.29) is 5.91 Å². The largest absolute Gasteiger partial charge is 0.481 e. The first-order valence-corrected chi connectivity index (χ1v) is 6.85. The number of aliphatic carboxylic acids is 1. The molecule has 2 aliphatic rings. The van der Waals surface area contributed by atoms with Gasteiger partial charge in [0, 0.05) is 19.1 Å². The van der Waals surface area contributed by atoms with Crippen LogP contribution in [0.1, 0.15) is 32.6 Å². The number of carbonyl (C=O) groups excluding carboxylic acids is 1. The van der Waals surface area contributed by atoms with E-state index in [1.165, 1.54) is 32.9 Å². The minimum absolute atomic E-state index is 0.234. The van der Waals surface area contributed by atoms with Crippen LogP contribution in [0.4, 0.5) is 0 Å². The maximum Gasteiger partial charge on any atom is 0.315 e. The number of carboxylic acids is 1. The van der Waals surface area contributed by atoms with Crippen molar-refractivity contribution in [3.8, 4) is 0 Å². The van der Waals surface area contributed by atoms with Crippen molar-refractivity contribution in [1.29, 1.82) is 0 Å². The third-order valence-electron chi connectivity index (χ3n) is 4.17. The van der Waals surface area contributed by atoms with Crippen LogP contribution in [0.3, 0.4) is 0 Å². The third kappa shape index (κ3) is 2.83. The Hall–Kier alpha value is -1.10. The molecule has 2 saturated heterocycles. The number of rotatable bonds is 3. The summed E-state index contributed by atoms with van der Waals surface area (Å²) in [5.74, 6) is -2.17. The lowest BCUT2D eigenvalue weighted by molar-refractivity contribution is -0.151. The first-order chi connectivity index (χ1) is 8.59. The number of likely N-dealkylation sites (tertiary alicyclic amines) is 2. The summed E-state index contributed by atoms with van der Waals surface area (Å²) in [5, 5.41) is 8.85. The van der Waals surface area contributed by atoms with E-state index in [9.17, 15) is 9.59 Å². The van der Waals surface area contributed by atoms with E-state index in [0.29, 0.717) is 19.1 Å². The Balaban J connectivity index is 1.82. The van der Waals surface area contributed by atoms with Gasteiger partial charge in [0.15, 0.2) is 0 Å². The van der Waals surface area contributed by atoms with Gasteiger partial charge in [0.2, 0.25) is 5.91 Å². The Morgan fingerprint density at radius 2 is 1.67 bits per heavy atom. The Morgan fingerprint density at radius 3 is 2.17 bits per heavy atom. The van der Waals surface area contributed by atoms with Crippen molar-refractivity contribution in [3.63, 3.8) is 0 Å². The topological polar surface area (TPSA) is 60.9 Å². The number of nitrogens with zero attached hydrogens (tertiary/aromatic N) is 2. The van der Waals surface area contributed by atoms with Crippen LogP contribution in [-0.4, -0.2) is 59.0 Å². The highest BCUT2D eigenvalue weighted by Gasteiger charge is 2.31. The summed E-state index contributed by atoms with van der Waals surface area (Å²) in [6.07, 6.45) is 4.54. The number of hydrogen-bond donors (Lipinski definition) is 1. The lowest BCUT2D eigenvalue weighted by atomic mass is 10.0. The monoisotopic (exact) mass is 254 g/mol. The van der Waals surface area contributed by atoms with Gasteiger partial charge in [-0.15, -0.1) is 0 Å². The van der Waals surface area contributed by atoms with Crippen molar-refractivity contribution in [3.05, 3.63) is 0 Å². The number of amides is 1. The van der Waals surface area contributed by atoms with E-state index >= 15 is 0 Å². The summed E-state index contributed by atoms with van der Waals surface area (Å²) < 4.78 is 0. The van der Waals surface area contributed by atoms with Gasteiger partial charge in [0.25, 0.3) is 0 Å². The van der Waals surface area contributed by atoms with Gasteiger partial charge in [0.1, 0.15) is 5.92 Å². The molecule has 102 valence electrons. The van der Waals surface area contributed by atoms with Crippen LogP contribution in [0.5, 0.6) is 0 Å². The molecule has 2 rings (SSSR count). The summed E-state index contributed by atoms with van der Waals surface area (Å²) in [7, 11) is 0. The lowest BCUT2D eigenvalue weighted by Gasteiger charge is -2.37. The molecular formula is C13H22N2O3. The quantitative estimate of drug-likeness (QED) is 0.757. The smallest absolute Gasteiger partial charge is 0.315 e. The van der Waals surface area contributed by atoms with E-state index in [1.54, 1.807) is 4.90 Å². The molecule has 0 spiro atoms. The Labute approximate surface area is 108 Å². The zero-order chi connectivity index (χ0) is 13.1. The van der Waals surface area contributed by atoms with Gasteiger partial charge in [-0.3, -0.25) is 9.59 Å². The SMILES string of the molecule is CC(C(=O)O)C(=O)N1CCC(N2CCCC2)CC1. The second-order valence-electron chi connectivity index (χ2n) is 5.36. The highest BCUT2D eigenvalue weighted by Crippen LogP contribution is 2.21. The minimum Gasteiger partial charge on any atom is -0.481 e. The van der Waals surface area contributed by atoms with E-state index in [1.807, 2.05) is 0 Å². The molecule has 18 heavy (non-hydrogen) atoms. The van der Waals surface area contributed by atoms with Gasteiger partial charge < -0.3 is 14.9 Å². The minimum atomic E-state index is -1.03. The summed E-state index contributed by atoms with van der Waals surface area (Å²) >= 11 is 0. The second-order valence-corrected chi connectivity index (χ2v) is 5.36. The molecule has 1 unspecified atom stereocenters. The average molecular weight is 254 g/mol. The zero-order valence-corrected chi connectivity index (χ0v) is 11.0. The predicted octanol–water partition coefficient (Wildman–Crippen LogP) is 0.794. The molecule has 1 amide bonds. The highest BCUT2D eigenvalue weighted by molar-refractivity contribution is 5.96. The fourth-order valence-electron chi connectivity index (χ4n) is 2.94. The number of hydrogen-bond acceptors (Lipinski definition) is 3. The number of carbonyl (C=O) groups is 2. The molecule has 5 heteroatoms. The van der Waals surface area contributed by atoms with Gasteiger partial charge >= 0.3 is 5.97 Å². The normalized spacial score (nSPS) is 24.2. The maximum atomic E-state index is 11.9. The van der Waals surface area contributed by atoms with Gasteiger partial charge in [0.05, 0.1) is 0 Å². The molecule has 0 saturated carbocycles. The van der Waals surface area contributed by atoms with Crippen LogP contribution >= 0.6 is 0 Å². The zero-order valence-electron chi connectivity index (χ0n) is 11.0. The van der Waals surface area contributed by atoms with E-state index < -0.39 is 11.9 Å². The van der Waals surface area contributed by atoms with Crippen LogP contribution in [0.2, 0.25) is 0 Å². The molecule has 0 bridgehead atoms. The number of carboxylic acid groups (broad SMARTS) is 1. The van der Waals surface area contributed by atoms with Crippen molar-refractivity contribution in [1.82, 2.24) is 9.80 Å².